The van der Waals surface area contributed by atoms with Crippen molar-refractivity contribution in [2.45, 2.75) is 0 Å². The average molecular weight is 742 g/mol. The van der Waals surface area contributed by atoms with E-state index in [1.807, 2.05) is 12.1 Å². The van der Waals surface area contributed by atoms with Crippen LogP contribution in [0.5, 0.6) is 0 Å². The summed E-state index contributed by atoms with van der Waals surface area (Å²) in [4.78, 5) is 7.40. The van der Waals surface area contributed by atoms with Gasteiger partial charge in [0.2, 0.25) is 0 Å². The first kappa shape index (κ1) is 34.7. The smallest absolute Gasteiger partial charge is 0.145 e. The van der Waals surface area contributed by atoms with Crippen molar-refractivity contribution >= 4 is 28.1 Å². The van der Waals surface area contributed by atoms with Gasteiger partial charge >= 0.3 is 0 Å². The highest BCUT2D eigenvalue weighted by Gasteiger charge is 2.16. The van der Waals surface area contributed by atoms with Gasteiger partial charge in [-0.3, -0.25) is 4.57 Å². The van der Waals surface area contributed by atoms with Gasteiger partial charge in [0.15, 0.2) is 0 Å². The molecule has 10 rings (SSSR count). The molecule has 0 unspecified atom stereocenters. The first-order valence-corrected chi connectivity index (χ1v) is 19.7. The number of fused-ring (bicyclic) bond motifs is 1. The van der Waals surface area contributed by atoms with E-state index in [0.717, 1.165) is 56.3 Å². The van der Waals surface area contributed by atoms with Crippen LogP contribution in [0.15, 0.2) is 237 Å². The lowest BCUT2D eigenvalue weighted by atomic mass is 10.00. The molecule has 0 amide bonds. The highest BCUT2D eigenvalue weighted by Crippen LogP contribution is 2.38. The molecule has 0 atom stereocenters. The topological polar surface area (TPSA) is 21.1 Å². The maximum atomic E-state index is 5.07. The molecule has 9 aromatic carbocycles. The largest absolute Gasteiger partial charge is 0.311 e. The lowest BCUT2D eigenvalue weighted by Crippen LogP contribution is -2.09. The Hall–Kier alpha value is -7.75. The van der Waals surface area contributed by atoms with Crippen molar-refractivity contribution in [3.8, 4) is 61.6 Å². The first-order valence-electron chi connectivity index (χ1n) is 19.7. The van der Waals surface area contributed by atoms with Crippen molar-refractivity contribution in [3.05, 3.63) is 237 Å². The van der Waals surface area contributed by atoms with Crippen LogP contribution in [-0.2, 0) is 0 Å². The minimum atomic E-state index is 0.929. The van der Waals surface area contributed by atoms with Gasteiger partial charge in [-0.05, 0) is 105 Å². The van der Waals surface area contributed by atoms with Gasteiger partial charge in [0.05, 0.1) is 11.0 Å². The molecule has 0 aliphatic carbocycles. The summed E-state index contributed by atoms with van der Waals surface area (Å²) < 4.78 is 2.27. The Labute approximate surface area is 339 Å². The maximum absolute atomic E-state index is 5.07. The predicted molar refractivity (Wildman–Crippen MR) is 243 cm³/mol. The molecular formula is C55H39N3. The second-order valence-electron chi connectivity index (χ2n) is 14.5. The third-order valence-corrected chi connectivity index (χ3v) is 10.8. The minimum Gasteiger partial charge on any atom is -0.311 e. The number of para-hydroxylation sites is 2. The van der Waals surface area contributed by atoms with Gasteiger partial charge in [0, 0.05) is 28.3 Å². The summed E-state index contributed by atoms with van der Waals surface area (Å²) in [5.41, 5.74) is 17.0. The van der Waals surface area contributed by atoms with Crippen LogP contribution in [0.2, 0.25) is 0 Å². The standard InChI is InChI=1S/C55H39N3/c1-4-13-40(14-5-1)42-23-25-43(26-24-42)45-29-35-50(36-30-45)57(49-33-27-44(28-34-49)41-15-6-2-7-16-41)51-37-31-46(32-38-51)48-19-12-20-52(39-48)58-54-22-11-10-21-53(54)56-55(58)47-17-8-3-9-18-47/h1-39H. The number of anilines is 3. The summed E-state index contributed by atoms with van der Waals surface area (Å²) in [6, 6.07) is 84.1. The van der Waals surface area contributed by atoms with Crippen molar-refractivity contribution in [3.63, 3.8) is 0 Å². The summed E-state index contributed by atoms with van der Waals surface area (Å²) in [5, 5.41) is 0. The second kappa shape index (κ2) is 15.4. The Bertz CT molecular complexity index is 2930. The third-order valence-electron chi connectivity index (χ3n) is 10.8. The minimum absolute atomic E-state index is 0.929. The Morgan fingerprint density at radius 2 is 0.655 bits per heavy atom. The van der Waals surface area contributed by atoms with Crippen LogP contribution < -0.4 is 4.90 Å². The van der Waals surface area contributed by atoms with E-state index in [1.54, 1.807) is 0 Å². The molecule has 0 aliphatic heterocycles. The molecular weight excluding hydrogens is 703 g/mol. The zero-order valence-corrected chi connectivity index (χ0v) is 31.9. The third kappa shape index (κ3) is 6.87. The maximum Gasteiger partial charge on any atom is 0.145 e. The van der Waals surface area contributed by atoms with Gasteiger partial charge in [0.1, 0.15) is 5.82 Å². The van der Waals surface area contributed by atoms with Crippen LogP contribution in [0, 0.1) is 0 Å². The second-order valence-corrected chi connectivity index (χ2v) is 14.5. The van der Waals surface area contributed by atoms with E-state index in [4.69, 9.17) is 4.98 Å². The summed E-state index contributed by atoms with van der Waals surface area (Å²) >= 11 is 0. The predicted octanol–water partition coefficient (Wildman–Crippen LogP) is 14.8. The molecule has 0 saturated heterocycles. The lowest BCUT2D eigenvalue weighted by molar-refractivity contribution is 1.10. The van der Waals surface area contributed by atoms with E-state index in [9.17, 15) is 0 Å². The van der Waals surface area contributed by atoms with E-state index in [2.05, 4.69) is 234 Å². The molecule has 3 nitrogen and oxygen atoms in total. The Balaban J connectivity index is 0.992. The normalized spacial score (nSPS) is 11.1. The number of rotatable bonds is 9. The number of hydrogen-bond donors (Lipinski definition) is 0. The zero-order valence-electron chi connectivity index (χ0n) is 31.9. The lowest BCUT2D eigenvalue weighted by Gasteiger charge is -2.26. The van der Waals surface area contributed by atoms with Crippen molar-refractivity contribution in [1.29, 1.82) is 0 Å². The van der Waals surface area contributed by atoms with Crippen LogP contribution in [0.3, 0.4) is 0 Å². The summed E-state index contributed by atoms with van der Waals surface area (Å²) in [7, 11) is 0. The molecule has 0 radical (unpaired) electrons. The molecule has 0 saturated carbocycles. The van der Waals surface area contributed by atoms with Gasteiger partial charge in [-0.25, -0.2) is 4.98 Å². The van der Waals surface area contributed by atoms with Gasteiger partial charge in [-0.2, -0.15) is 0 Å². The zero-order chi connectivity index (χ0) is 38.7. The Morgan fingerprint density at radius 1 is 0.293 bits per heavy atom. The van der Waals surface area contributed by atoms with Crippen LogP contribution in [0.25, 0.3) is 72.6 Å². The van der Waals surface area contributed by atoms with Crippen molar-refractivity contribution in [2.24, 2.45) is 0 Å². The molecule has 0 spiro atoms. The molecule has 58 heavy (non-hydrogen) atoms. The Morgan fingerprint density at radius 3 is 1.14 bits per heavy atom. The number of benzene rings is 9. The van der Waals surface area contributed by atoms with E-state index in [1.165, 1.54) is 33.4 Å². The van der Waals surface area contributed by atoms with E-state index in [0.29, 0.717) is 0 Å². The number of aromatic nitrogens is 2. The first-order chi connectivity index (χ1) is 28.7. The summed E-state index contributed by atoms with van der Waals surface area (Å²) in [5.74, 6) is 0.929. The molecule has 0 fully saturated rings. The number of imidazole rings is 1. The fourth-order valence-electron chi connectivity index (χ4n) is 7.87. The molecule has 0 bridgehead atoms. The fourth-order valence-corrected chi connectivity index (χ4v) is 7.87. The Kier molecular flexibility index (Phi) is 9.23. The SMILES string of the molecule is c1ccc(-c2ccc(-c3ccc(N(c4ccc(-c5ccccc5)cc4)c4ccc(-c5cccc(-n6c(-c7ccccc7)nc7ccccc76)c5)cc4)cc3)cc2)cc1. The van der Waals surface area contributed by atoms with Crippen LogP contribution in [0.1, 0.15) is 0 Å². The van der Waals surface area contributed by atoms with Gasteiger partial charge in [0.25, 0.3) is 0 Å². The van der Waals surface area contributed by atoms with Crippen molar-refractivity contribution in [2.75, 3.05) is 4.90 Å². The van der Waals surface area contributed by atoms with Gasteiger partial charge in [-0.1, -0.05) is 176 Å². The van der Waals surface area contributed by atoms with Crippen LogP contribution in [0.4, 0.5) is 17.1 Å². The van der Waals surface area contributed by atoms with E-state index in [-0.39, 0.29) is 0 Å². The molecule has 0 N–H and O–H groups in total. The highest BCUT2D eigenvalue weighted by atomic mass is 15.1. The van der Waals surface area contributed by atoms with Crippen molar-refractivity contribution < 1.29 is 0 Å². The molecule has 274 valence electrons. The summed E-state index contributed by atoms with van der Waals surface area (Å²) in [6.07, 6.45) is 0. The molecule has 1 heterocycles. The monoisotopic (exact) mass is 741 g/mol. The highest BCUT2D eigenvalue weighted by molar-refractivity contribution is 5.85. The quantitative estimate of drug-likeness (QED) is 0.147. The van der Waals surface area contributed by atoms with Crippen LogP contribution in [-0.4, -0.2) is 9.55 Å². The summed E-state index contributed by atoms with van der Waals surface area (Å²) in [6.45, 7) is 0. The van der Waals surface area contributed by atoms with E-state index >= 15 is 0 Å². The van der Waals surface area contributed by atoms with Crippen LogP contribution >= 0.6 is 0 Å². The average Bonchev–Trinajstić information content (AvgIpc) is 3.71. The number of nitrogens with zero attached hydrogens (tertiary/aromatic N) is 3. The molecule has 3 heteroatoms. The molecule has 0 aliphatic rings. The van der Waals surface area contributed by atoms with Gasteiger partial charge < -0.3 is 4.90 Å². The number of hydrogen-bond acceptors (Lipinski definition) is 2. The van der Waals surface area contributed by atoms with Crippen molar-refractivity contribution in [1.82, 2.24) is 9.55 Å². The molecule has 10 aromatic rings. The van der Waals surface area contributed by atoms with E-state index < -0.39 is 0 Å². The molecule has 1 aromatic heterocycles. The fraction of sp³-hybridized carbons (Fsp3) is 0. The van der Waals surface area contributed by atoms with Gasteiger partial charge in [-0.15, -0.1) is 0 Å².